The van der Waals surface area contributed by atoms with Crippen molar-refractivity contribution in [3.05, 3.63) is 31.6 Å². The molecular weight excluding hydrogens is 252 g/mol. The van der Waals surface area contributed by atoms with Crippen molar-refractivity contribution in [3.8, 4) is 0 Å². The van der Waals surface area contributed by atoms with Crippen LogP contribution in [0.2, 0.25) is 5.02 Å². The van der Waals surface area contributed by atoms with Gasteiger partial charge in [0.25, 0.3) is 5.56 Å². The van der Waals surface area contributed by atoms with Crippen molar-refractivity contribution in [1.29, 1.82) is 0 Å². The second kappa shape index (κ2) is 4.67. The molecule has 2 N–H and O–H groups in total. The summed E-state index contributed by atoms with van der Waals surface area (Å²) in [6.07, 6.45) is 2.36. The summed E-state index contributed by atoms with van der Waals surface area (Å²) in [5.41, 5.74) is -0.741. The van der Waals surface area contributed by atoms with Crippen molar-refractivity contribution < 1.29 is 0 Å². The lowest BCUT2D eigenvalue weighted by atomic mass is 10.4. The second-order valence-electron chi connectivity index (χ2n) is 2.99. The van der Waals surface area contributed by atoms with Gasteiger partial charge in [-0.05, 0) is 0 Å². The molecule has 1 aliphatic heterocycles. The summed E-state index contributed by atoms with van der Waals surface area (Å²) < 4.78 is 0. The van der Waals surface area contributed by atoms with Crippen molar-refractivity contribution in [2.45, 2.75) is 12.2 Å². The minimum atomic E-state index is -0.578. The van der Waals surface area contributed by atoms with Crippen molar-refractivity contribution in [3.63, 3.8) is 0 Å². The summed E-state index contributed by atoms with van der Waals surface area (Å²) in [6.45, 7) is 0. The zero-order chi connectivity index (χ0) is 11.5. The van der Waals surface area contributed by atoms with Crippen molar-refractivity contribution in [2.24, 2.45) is 10.2 Å². The molecule has 1 aliphatic rings. The summed E-state index contributed by atoms with van der Waals surface area (Å²) in [4.78, 5) is 26.7. The van der Waals surface area contributed by atoms with Gasteiger partial charge in [0.15, 0.2) is 0 Å². The normalized spacial score (nSPS) is 14.2. The van der Waals surface area contributed by atoms with Gasteiger partial charge < -0.3 is 4.98 Å². The minimum Gasteiger partial charge on any atom is -0.309 e. The SMILES string of the molecule is O=c1[nH]c(CSC2=NN=CC2)c(Cl)c(=O)[nH]1. The Morgan fingerprint density at radius 3 is 2.94 bits per heavy atom. The molecule has 2 rings (SSSR count). The minimum absolute atomic E-state index is 0.00613. The van der Waals surface area contributed by atoms with E-state index in [9.17, 15) is 9.59 Å². The number of rotatable bonds is 2. The zero-order valence-electron chi connectivity index (χ0n) is 7.99. The maximum absolute atomic E-state index is 11.2. The fraction of sp³-hybridized carbons (Fsp3) is 0.250. The Labute approximate surface area is 98.8 Å². The number of aromatic amines is 2. The molecule has 1 aromatic rings. The van der Waals surface area contributed by atoms with E-state index in [4.69, 9.17) is 11.6 Å². The number of hydrogen-bond donors (Lipinski definition) is 2. The van der Waals surface area contributed by atoms with E-state index in [-0.39, 0.29) is 5.02 Å². The maximum atomic E-state index is 11.2. The topological polar surface area (TPSA) is 90.4 Å². The number of H-pyrrole nitrogens is 2. The molecule has 0 aliphatic carbocycles. The lowest BCUT2D eigenvalue weighted by molar-refractivity contribution is 0.987. The molecule has 0 saturated carbocycles. The highest BCUT2D eigenvalue weighted by atomic mass is 35.5. The number of halogens is 1. The summed E-state index contributed by atoms with van der Waals surface area (Å²) in [5, 5.41) is 8.39. The monoisotopic (exact) mass is 258 g/mol. The standard InChI is InChI=1S/C8H7ClN4O2S/c9-6-4(11-8(15)12-7(6)14)3-16-5-1-2-10-13-5/h2H,1,3H2,(H2,11,12,14,15). The number of hydrogen-bond acceptors (Lipinski definition) is 5. The predicted octanol–water partition coefficient (Wildman–Crippen LogP) is 0.738. The van der Waals surface area contributed by atoms with Gasteiger partial charge in [0.1, 0.15) is 10.1 Å². The van der Waals surface area contributed by atoms with Crippen LogP contribution < -0.4 is 11.2 Å². The van der Waals surface area contributed by atoms with Crippen LogP contribution in [0, 0.1) is 0 Å². The quantitative estimate of drug-likeness (QED) is 0.820. The number of aromatic nitrogens is 2. The molecular formula is C8H7ClN4O2S. The summed E-state index contributed by atoms with van der Waals surface area (Å²) in [6, 6.07) is 0. The average Bonchev–Trinajstić information content (AvgIpc) is 2.74. The van der Waals surface area contributed by atoms with Gasteiger partial charge >= 0.3 is 5.69 Å². The molecule has 1 aromatic heterocycles. The predicted molar refractivity (Wildman–Crippen MR) is 64.5 cm³/mol. The van der Waals surface area contributed by atoms with Gasteiger partial charge in [0.05, 0.1) is 5.69 Å². The first kappa shape index (κ1) is 11.2. The van der Waals surface area contributed by atoms with E-state index in [0.29, 0.717) is 17.9 Å². The fourth-order valence-electron chi connectivity index (χ4n) is 1.13. The first-order chi connectivity index (χ1) is 7.66. The van der Waals surface area contributed by atoms with Crippen LogP contribution in [0.5, 0.6) is 0 Å². The molecule has 0 saturated heterocycles. The molecule has 2 heterocycles. The first-order valence-corrected chi connectivity index (χ1v) is 5.75. The molecule has 0 atom stereocenters. The number of nitrogens with one attached hydrogen (secondary N) is 2. The second-order valence-corrected chi connectivity index (χ2v) is 4.41. The Morgan fingerprint density at radius 1 is 1.44 bits per heavy atom. The van der Waals surface area contributed by atoms with Crippen molar-refractivity contribution in [1.82, 2.24) is 9.97 Å². The highest BCUT2D eigenvalue weighted by Crippen LogP contribution is 2.18. The molecule has 8 heteroatoms. The lowest BCUT2D eigenvalue weighted by Crippen LogP contribution is -2.24. The zero-order valence-corrected chi connectivity index (χ0v) is 9.56. The van der Waals surface area contributed by atoms with E-state index >= 15 is 0 Å². The van der Waals surface area contributed by atoms with Gasteiger partial charge in [-0.15, -0.1) is 16.9 Å². The largest absolute Gasteiger partial charge is 0.326 e. The van der Waals surface area contributed by atoms with E-state index < -0.39 is 11.2 Å². The van der Waals surface area contributed by atoms with Crippen molar-refractivity contribution >= 4 is 34.6 Å². The van der Waals surface area contributed by atoms with E-state index in [1.165, 1.54) is 11.8 Å². The van der Waals surface area contributed by atoms with Gasteiger partial charge in [0.2, 0.25) is 0 Å². The average molecular weight is 259 g/mol. The first-order valence-electron chi connectivity index (χ1n) is 4.39. The summed E-state index contributed by atoms with van der Waals surface area (Å²) in [5.74, 6) is 0.389. The Bertz CT molecular complexity index is 574. The lowest BCUT2D eigenvalue weighted by Gasteiger charge is -2.01. The van der Waals surface area contributed by atoms with E-state index in [1.54, 1.807) is 6.21 Å². The van der Waals surface area contributed by atoms with Crippen LogP contribution in [0.4, 0.5) is 0 Å². The molecule has 0 amide bonds. The summed E-state index contributed by atoms with van der Waals surface area (Å²) >= 11 is 7.14. The Kier molecular flexibility index (Phi) is 3.25. The van der Waals surface area contributed by atoms with E-state index in [0.717, 1.165) is 5.04 Å². The van der Waals surface area contributed by atoms with Crippen LogP contribution >= 0.6 is 23.4 Å². The van der Waals surface area contributed by atoms with Gasteiger partial charge in [-0.3, -0.25) is 9.78 Å². The van der Waals surface area contributed by atoms with Crippen LogP contribution in [0.25, 0.3) is 0 Å². The molecule has 0 bridgehead atoms. The molecule has 0 aromatic carbocycles. The Balaban J connectivity index is 2.15. The smallest absolute Gasteiger partial charge is 0.309 e. The summed E-state index contributed by atoms with van der Waals surface area (Å²) in [7, 11) is 0. The van der Waals surface area contributed by atoms with Crippen LogP contribution in [0.1, 0.15) is 12.1 Å². The maximum Gasteiger partial charge on any atom is 0.326 e. The molecule has 16 heavy (non-hydrogen) atoms. The van der Waals surface area contributed by atoms with Crippen molar-refractivity contribution in [2.75, 3.05) is 0 Å². The molecule has 0 spiro atoms. The molecule has 0 fully saturated rings. The van der Waals surface area contributed by atoms with E-state index in [2.05, 4.69) is 15.2 Å². The van der Waals surface area contributed by atoms with Crippen LogP contribution in [0.15, 0.2) is 19.8 Å². The van der Waals surface area contributed by atoms with Crippen LogP contribution in [0.3, 0.4) is 0 Å². The van der Waals surface area contributed by atoms with Gasteiger partial charge in [-0.25, -0.2) is 4.79 Å². The van der Waals surface area contributed by atoms with Crippen LogP contribution in [-0.2, 0) is 5.75 Å². The highest BCUT2D eigenvalue weighted by Gasteiger charge is 2.09. The molecule has 0 unspecified atom stereocenters. The third-order valence-corrected chi connectivity index (χ3v) is 3.27. The molecule has 6 nitrogen and oxygen atoms in total. The van der Waals surface area contributed by atoms with Gasteiger partial charge in [-0.2, -0.15) is 5.10 Å². The number of nitrogens with zero attached hydrogens (tertiary/aromatic N) is 2. The third-order valence-electron chi connectivity index (χ3n) is 1.86. The number of thioether (sulfide) groups is 1. The van der Waals surface area contributed by atoms with Gasteiger partial charge in [-0.1, -0.05) is 11.6 Å². The molecule has 0 radical (unpaired) electrons. The van der Waals surface area contributed by atoms with Gasteiger partial charge in [0, 0.05) is 18.4 Å². The van der Waals surface area contributed by atoms with Crippen LogP contribution in [-0.4, -0.2) is 21.2 Å². The fourth-order valence-corrected chi connectivity index (χ4v) is 2.19. The molecule has 84 valence electrons. The highest BCUT2D eigenvalue weighted by molar-refractivity contribution is 8.13. The Hall–Kier alpha value is -1.34. The van der Waals surface area contributed by atoms with E-state index in [1.807, 2.05) is 4.98 Å². The third kappa shape index (κ3) is 2.42. The Morgan fingerprint density at radius 2 is 2.25 bits per heavy atom.